The molecule has 0 aliphatic heterocycles. The molecule has 2 atom stereocenters. The van der Waals surface area contributed by atoms with Crippen molar-refractivity contribution in [1.82, 2.24) is 5.32 Å². The molecule has 1 aliphatic carbocycles. The van der Waals surface area contributed by atoms with Crippen LogP contribution >= 0.6 is 0 Å². The number of carbonyl (C=O) groups excluding carboxylic acids is 1. The van der Waals surface area contributed by atoms with Crippen molar-refractivity contribution in [1.29, 1.82) is 0 Å². The molecule has 2 aromatic rings. The van der Waals surface area contributed by atoms with Gasteiger partial charge in [0.15, 0.2) is 6.10 Å². The quantitative estimate of drug-likeness (QED) is 0.762. The third-order valence-corrected chi connectivity index (χ3v) is 5.51. The Bertz CT molecular complexity index is 812. The Morgan fingerprint density at radius 1 is 1.07 bits per heavy atom. The summed E-state index contributed by atoms with van der Waals surface area (Å²) in [5.74, 6) is 0.738. The first-order valence-corrected chi connectivity index (χ1v) is 10.1. The maximum Gasteiger partial charge on any atom is 0.261 e. The minimum atomic E-state index is -0.481. The average molecular weight is 366 g/mol. The molecular formula is C24H31NO2. The summed E-state index contributed by atoms with van der Waals surface area (Å²) in [4.78, 5) is 12.8. The molecule has 0 fully saturated rings. The third-order valence-electron chi connectivity index (χ3n) is 5.51. The van der Waals surface area contributed by atoms with Gasteiger partial charge in [-0.2, -0.15) is 0 Å². The Hall–Kier alpha value is -2.29. The van der Waals surface area contributed by atoms with Crippen LogP contribution in [-0.4, -0.2) is 12.0 Å². The van der Waals surface area contributed by atoms with Gasteiger partial charge in [0, 0.05) is 0 Å². The molecule has 1 amide bonds. The highest BCUT2D eigenvalue weighted by molar-refractivity contribution is 5.81. The number of ether oxygens (including phenoxy) is 1. The fourth-order valence-electron chi connectivity index (χ4n) is 3.72. The largest absolute Gasteiger partial charge is 0.480 e. The Balaban J connectivity index is 1.68. The first-order valence-electron chi connectivity index (χ1n) is 10.1. The van der Waals surface area contributed by atoms with E-state index in [-0.39, 0.29) is 11.9 Å². The van der Waals surface area contributed by atoms with Crippen molar-refractivity contribution in [3.63, 3.8) is 0 Å². The number of hydrogen-bond acceptors (Lipinski definition) is 2. The summed E-state index contributed by atoms with van der Waals surface area (Å²) in [7, 11) is 0. The van der Waals surface area contributed by atoms with Crippen LogP contribution in [0.4, 0.5) is 0 Å². The number of nitrogens with one attached hydrogen (secondary N) is 1. The van der Waals surface area contributed by atoms with Gasteiger partial charge in [0.1, 0.15) is 5.75 Å². The van der Waals surface area contributed by atoms with E-state index in [1.807, 2.05) is 39.8 Å². The van der Waals surface area contributed by atoms with Crippen LogP contribution in [0, 0.1) is 13.8 Å². The lowest BCUT2D eigenvalue weighted by molar-refractivity contribution is -0.128. The molecule has 0 aromatic heterocycles. The van der Waals surface area contributed by atoms with Crippen molar-refractivity contribution in [3.8, 4) is 5.75 Å². The summed E-state index contributed by atoms with van der Waals surface area (Å²) in [6.07, 6.45) is 5.03. The lowest BCUT2D eigenvalue weighted by Gasteiger charge is -2.23. The topological polar surface area (TPSA) is 38.3 Å². The normalized spacial score (nSPS) is 15.6. The zero-order chi connectivity index (χ0) is 19.4. The maximum atomic E-state index is 12.8. The molecule has 144 valence electrons. The van der Waals surface area contributed by atoms with Crippen LogP contribution in [0.3, 0.4) is 0 Å². The Labute approximate surface area is 163 Å². The Morgan fingerprint density at radius 3 is 2.56 bits per heavy atom. The molecule has 0 bridgehead atoms. The summed E-state index contributed by atoms with van der Waals surface area (Å²) in [5, 5.41) is 3.14. The molecule has 3 rings (SSSR count). The van der Waals surface area contributed by atoms with Gasteiger partial charge in [-0.3, -0.25) is 4.79 Å². The first-order chi connectivity index (χ1) is 13.0. The standard InChI is InChI=1S/C24H31NO2/c1-5-22(27-23-14-16(2)10-11-17(23)3)24(26)25-18(4)20-13-12-19-8-6-7-9-21(19)15-20/h10-15,18,22H,5-9H2,1-4H3,(H,25,26)/t18-,22+/m0/s1. The molecule has 0 saturated heterocycles. The molecule has 0 saturated carbocycles. The lowest BCUT2D eigenvalue weighted by Crippen LogP contribution is -2.39. The molecular weight excluding hydrogens is 334 g/mol. The zero-order valence-corrected chi connectivity index (χ0v) is 17.0. The van der Waals surface area contributed by atoms with E-state index < -0.39 is 6.10 Å². The summed E-state index contributed by atoms with van der Waals surface area (Å²) in [6, 6.07) is 12.7. The van der Waals surface area contributed by atoms with Crippen LogP contribution < -0.4 is 10.1 Å². The average Bonchev–Trinajstić information content (AvgIpc) is 2.68. The summed E-state index contributed by atoms with van der Waals surface area (Å²) in [6.45, 7) is 8.08. The van der Waals surface area contributed by atoms with Gasteiger partial charge >= 0.3 is 0 Å². The van der Waals surface area contributed by atoms with Crippen LogP contribution in [0.1, 0.15) is 67.0 Å². The summed E-state index contributed by atoms with van der Waals surface area (Å²) < 4.78 is 6.05. The SMILES string of the molecule is CC[C@@H](Oc1cc(C)ccc1C)C(=O)N[C@@H](C)c1ccc2c(c1)CCCC2. The smallest absolute Gasteiger partial charge is 0.261 e. The molecule has 1 N–H and O–H groups in total. The molecule has 0 radical (unpaired) electrons. The van der Waals surface area contributed by atoms with Crippen molar-refractivity contribution in [3.05, 3.63) is 64.2 Å². The van der Waals surface area contributed by atoms with E-state index in [0.29, 0.717) is 6.42 Å². The maximum absolute atomic E-state index is 12.8. The Kier molecular flexibility index (Phi) is 6.20. The van der Waals surface area contributed by atoms with E-state index in [1.165, 1.54) is 36.0 Å². The molecule has 2 aromatic carbocycles. The molecule has 1 aliphatic rings. The highest BCUT2D eigenvalue weighted by Crippen LogP contribution is 2.25. The van der Waals surface area contributed by atoms with Gasteiger partial charge in [-0.25, -0.2) is 0 Å². The number of carbonyl (C=O) groups is 1. The van der Waals surface area contributed by atoms with Gasteiger partial charge in [0.05, 0.1) is 6.04 Å². The van der Waals surface area contributed by atoms with Gasteiger partial charge < -0.3 is 10.1 Å². The molecule has 3 heteroatoms. The van der Waals surface area contributed by atoms with E-state index >= 15 is 0 Å². The van der Waals surface area contributed by atoms with Gasteiger partial charge in [0.25, 0.3) is 5.91 Å². The van der Waals surface area contributed by atoms with Crippen LogP contribution in [0.25, 0.3) is 0 Å². The molecule has 0 heterocycles. The number of benzene rings is 2. The minimum absolute atomic E-state index is 0.0269. The zero-order valence-electron chi connectivity index (χ0n) is 17.0. The molecule has 0 spiro atoms. The first kappa shape index (κ1) is 19.5. The number of aryl methyl sites for hydroxylation is 4. The second-order valence-corrected chi connectivity index (χ2v) is 7.75. The molecule has 27 heavy (non-hydrogen) atoms. The predicted molar refractivity (Wildman–Crippen MR) is 110 cm³/mol. The number of hydrogen-bond donors (Lipinski definition) is 1. The third kappa shape index (κ3) is 4.71. The fraction of sp³-hybridized carbons (Fsp3) is 0.458. The second-order valence-electron chi connectivity index (χ2n) is 7.75. The molecule has 0 unspecified atom stereocenters. The number of amides is 1. The number of rotatable bonds is 6. The van der Waals surface area contributed by atoms with E-state index in [4.69, 9.17) is 4.74 Å². The van der Waals surface area contributed by atoms with Crippen molar-refractivity contribution in [2.24, 2.45) is 0 Å². The van der Waals surface area contributed by atoms with E-state index in [0.717, 1.165) is 23.3 Å². The van der Waals surface area contributed by atoms with Gasteiger partial charge in [-0.1, -0.05) is 37.3 Å². The predicted octanol–water partition coefficient (Wildman–Crippen LogP) is 5.22. The van der Waals surface area contributed by atoms with E-state index in [2.05, 4.69) is 29.6 Å². The lowest BCUT2D eigenvalue weighted by atomic mass is 9.89. The highest BCUT2D eigenvalue weighted by Gasteiger charge is 2.22. The van der Waals surface area contributed by atoms with Gasteiger partial charge in [0.2, 0.25) is 0 Å². The second kappa shape index (κ2) is 8.60. The van der Waals surface area contributed by atoms with Crippen molar-refractivity contribution < 1.29 is 9.53 Å². The summed E-state index contributed by atoms with van der Waals surface area (Å²) >= 11 is 0. The van der Waals surface area contributed by atoms with Crippen LogP contribution in [0.15, 0.2) is 36.4 Å². The van der Waals surface area contributed by atoms with Crippen LogP contribution in [0.5, 0.6) is 5.75 Å². The van der Waals surface area contributed by atoms with Crippen molar-refractivity contribution >= 4 is 5.91 Å². The van der Waals surface area contributed by atoms with Gasteiger partial charge in [-0.15, -0.1) is 0 Å². The molecule has 3 nitrogen and oxygen atoms in total. The van der Waals surface area contributed by atoms with E-state index in [1.54, 1.807) is 0 Å². The Morgan fingerprint density at radius 2 is 1.81 bits per heavy atom. The van der Waals surface area contributed by atoms with Gasteiger partial charge in [-0.05, 0) is 86.8 Å². The summed E-state index contributed by atoms with van der Waals surface area (Å²) in [5.41, 5.74) is 6.26. The number of fused-ring (bicyclic) bond motifs is 1. The van der Waals surface area contributed by atoms with E-state index in [9.17, 15) is 4.79 Å². The van der Waals surface area contributed by atoms with Crippen molar-refractivity contribution in [2.75, 3.05) is 0 Å². The van der Waals surface area contributed by atoms with Crippen LogP contribution in [0.2, 0.25) is 0 Å². The van der Waals surface area contributed by atoms with Crippen LogP contribution in [-0.2, 0) is 17.6 Å². The fourth-order valence-corrected chi connectivity index (χ4v) is 3.72. The monoisotopic (exact) mass is 365 g/mol. The minimum Gasteiger partial charge on any atom is -0.480 e. The van der Waals surface area contributed by atoms with Crippen molar-refractivity contribution in [2.45, 2.75) is 71.9 Å². The highest BCUT2D eigenvalue weighted by atomic mass is 16.5.